The summed E-state index contributed by atoms with van der Waals surface area (Å²) in [6.07, 6.45) is 4.19. The molecule has 0 aliphatic rings. The van der Waals surface area contributed by atoms with Crippen LogP contribution >= 0.6 is 11.3 Å². The van der Waals surface area contributed by atoms with E-state index < -0.39 is 0 Å². The smallest absolute Gasteiger partial charge is 0.262 e. The molecule has 1 heterocycles. The largest absolute Gasteiger partial charge is 0.351 e. The summed E-state index contributed by atoms with van der Waals surface area (Å²) >= 11 is 1.51. The molecule has 0 aliphatic carbocycles. The number of rotatable bonds is 4. The van der Waals surface area contributed by atoms with Gasteiger partial charge in [0.05, 0.1) is 0 Å². The van der Waals surface area contributed by atoms with Crippen molar-refractivity contribution in [1.82, 2.24) is 10.3 Å². The van der Waals surface area contributed by atoms with E-state index in [1.807, 2.05) is 13.0 Å². The van der Waals surface area contributed by atoms with Crippen LogP contribution in [0.1, 0.15) is 44.0 Å². The van der Waals surface area contributed by atoms with Crippen LogP contribution in [0.25, 0.3) is 6.08 Å². The summed E-state index contributed by atoms with van der Waals surface area (Å²) in [5.74, 6) is -0.336. The maximum atomic E-state index is 11.7. The molecule has 0 spiro atoms. The first-order valence-corrected chi connectivity index (χ1v) is 7.06. The quantitative estimate of drug-likeness (QED) is 0.680. The molecule has 19 heavy (non-hydrogen) atoms. The first-order valence-electron chi connectivity index (χ1n) is 6.24. The number of nitrogens with zero attached hydrogens (tertiary/aromatic N) is 2. The van der Waals surface area contributed by atoms with Gasteiger partial charge in [0.25, 0.3) is 5.91 Å². The highest BCUT2D eigenvalue weighted by Gasteiger charge is 2.17. The Balaban J connectivity index is 2.90. The van der Waals surface area contributed by atoms with Crippen molar-refractivity contribution in [3.63, 3.8) is 0 Å². The zero-order chi connectivity index (χ0) is 14.5. The lowest BCUT2D eigenvalue weighted by Gasteiger charge is -2.14. The van der Waals surface area contributed by atoms with Crippen LogP contribution in [-0.4, -0.2) is 17.4 Å². The van der Waals surface area contributed by atoms with E-state index in [1.165, 1.54) is 11.3 Å². The number of nitrogens with one attached hydrogen (secondary N) is 1. The molecule has 1 aromatic rings. The molecule has 0 fully saturated rings. The molecule has 4 nitrogen and oxygen atoms in total. The monoisotopic (exact) mass is 277 g/mol. The Morgan fingerprint density at radius 1 is 1.58 bits per heavy atom. The first kappa shape index (κ1) is 15.4. The van der Waals surface area contributed by atoms with E-state index in [0.29, 0.717) is 11.6 Å². The van der Waals surface area contributed by atoms with Gasteiger partial charge in [-0.2, -0.15) is 5.26 Å². The minimum absolute atomic E-state index is 0.0288. The number of carbonyl (C=O) groups is 1. The highest BCUT2D eigenvalue weighted by Crippen LogP contribution is 2.28. The molecule has 102 valence electrons. The average molecular weight is 277 g/mol. The number of hydrogen-bond acceptors (Lipinski definition) is 4. The number of carbonyl (C=O) groups excluding carboxylic acids is 1. The van der Waals surface area contributed by atoms with Crippen LogP contribution < -0.4 is 5.32 Å². The third-order valence-electron chi connectivity index (χ3n) is 2.43. The second-order valence-electron chi connectivity index (χ2n) is 5.24. The molecular formula is C14H19N3OS. The maximum absolute atomic E-state index is 11.7. The van der Waals surface area contributed by atoms with Gasteiger partial charge >= 0.3 is 0 Å². The van der Waals surface area contributed by atoms with Crippen LogP contribution in [-0.2, 0) is 10.2 Å². The Morgan fingerprint density at radius 3 is 2.74 bits per heavy atom. The van der Waals surface area contributed by atoms with E-state index in [4.69, 9.17) is 5.26 Å². The van der Waals surface area contributed by atoms with Gasteiger partial charge in [-0.25, -0.2) is 4.98 Å². The van der Waals surface area contributed by atoms with Gasteiger partial charge in [-0.3, -0.25) is 4.79 Å². The van der Waals surface area contributed by atoms with E-state index in [9.17, 15) is 4.79 Å². The fourth-order valence-electron chi connectivity index (χ4n) is 1.31. The third-order valence-corrected chi connectivity index (χ3v) is 3.80. The van der Waals surface area contributed by atoms with Crippen molar-refractivity contribution in [1.29, 1.82) is 5.26 Å². The Hall–Kier alpha value is -1.67. The molecular weight excluding hydrogens is 258 g/mol. The predicted octanol–water partition coefficient (Wildman–Crippen LogP) is 2.87. The van der Waals surface area contributed by atoms with Crippen molar-refractivity contribution in [2.24, 2.45) is 0 Å². The van der Waals surface area contributed by atoms with Crippen molar-refractivity contribution in [2.75, 3.05) is 6.54 Å². The lowest BCUT2D eigenvalue weighted by atomic mass is 9.96. The van der Waals surface area contributed by atoms with Gasteiger partial charge in [0.1, 0.15) is 16.6 Å². The standard InChI is InChI=1S/C14H19N3OS/c1-5-6-16-13(18)10(8-15)7-12-17-9-11(19-12)14(2,3)4/h7,9H,5-6H2,1-4H3,(H,16,18)/b10-7+. The Kier molecular flexibility index (Phi) is 5.25. The average Bonchev–Trinajstić information content (AvgIpc) is 2.81. The van der Waals surface area contributed by atoms with Crippen LogP contribution in [0.5, 0.6) is 0 Å². The molecule has 1 amide bonds. The summed E-state index contributed by atoms with van der Waals surface area (Å²) in [7, 11) is 0. The van der Waals surface area contributed by atoms with Gasteiger partial charge < -0.3 is 5.32 Å². The number of hydrogen-bond donors (Lipinski definition) is 1. The Labute approximate surface area is 118 Å². The van der Waals surface area contributed by atoms with Gasteiger partial charge in [0, 0.05) is 17.6 Å². The second-order valence-corrected chi connectivity index (χ2v) is 6.30. The highest BCUT2D eigenvalue weighted by molar-refractivity contribution is 7.12. The van der Waals surface area contributed by atoms with E-state index in [2.05, 4.69) is 31.1 Å². The number of aromatic nitrogens is 1. The summed E-state index contributed by atoms with van der Waals surface area (Å²) in [6.45, 7) is 8.85. The van der Waals surface area contributed by atoms with Crippen molar-refractivity contribution in [3.8, 4) is 6.07 Å². The fraction of sp³-hybridized carbons (Fsp3) is 0.500. The fourth-order valence-corrected chi connectivity index (χ4v) is 2.23. The number of thiazole rings is 1. The summed E-state index contributed by atoms with van der Waals surface area (Å²) in [5.41, 5.74) is 0.129. The summed E-state index contributed by atoms with van der Waals surface area (Å²) < 4.78 is 0. The zero-order valence-electron chi connectivity index (χ0n) is 11.8. The normalized spacial score (nSPS) is 12.1. The molecule has 1 N–H and O–H groups in total. The van der Waals surface area contributed by atoms with Gasteiger partial charge in [-0.1, -0.05) is 27.7 Å². The molecule has 0 atom stereocenters. The van der Waals surface area contributed by atoms with Crippen LogP contribution in [0, 0.1) is 11.3 Å². The van der Waals surface area contributed by atoms with Crippen LogP contribution in [0.15, 0.2) is 11.8 Å². The van der Waals surface area contributed by atoms with Crippen LogP contribution in [0.3, 0.4) is 0 Å². The molecule has 0 aliphatic heterocycles. The predicted molar refractivity (Wildman–Crippen MR) is 77.7 cm³/mol. The zero-order valence-corrected chi connectivity index (χ0v) is 12.6. The lowest BCUT2D eigenvalue weighted by Crippen LogP contribution is -2.25. The van der Waals surface area contributed by atoms with Crippen molar-refractivity contribution in [3.05, 3.63) is 21.7 Å². The van der Waals surface area contributed by atoms with E-state index in [0.717, 1.165) is 11.3 Å². The minimum Gasteiger partial charge on any atom is -0.351 e. The maximum Gasteiger partial charge on any atom is 0.262 e. The van der Waals surface area contributed by atoms with Gasteiger partial charge in [-0.15, -0.1) is 11.3 Å². The molecule has 5 heteroatoms. The minimum atomic E-state index is -0.336. The summed E-state index contributed by atoms with van der Waals surface area (Å²) in [4.78, 5) is 17.1. The molecule has 1 aromatic heterocycles. The molecule has 0 saturated carbocycles. The first-order chi connectivity index (χ1) is 8.88. The second kappa shape index (κ2) is 6.48. The van der Waals surface area contributed by atoms with Crippen molar-refractivity contribution >= 4 is 23.3 Å². The number of nitriles is 1. The molecule has 0 radical (unpaired) electrons. The molecule has 0 unspecified atom stereocenters. The molecule has 0 aromatic carbocycles. The van der Waals surface area contributed by atoms with Crippen LogP contribution in [0.4, 0.5) is 0 Å². The number of amides is 1. The molecule has 0 saturated heterocycles. The Morgan fingerprint density at radius 2 is 2.26 bits per heavy atom. The van der Waals surface area contributed by atoms with Crippen molar-refractivity contribution in [2.45, 2.75) is 39.5 Å². The molecule has 0 bridgehead atoms. The van der Waals surface area contributed by atoms with E-state index in [-0.39, 0.29) is 16.9 Å². The topological polar surface area (TPSA) is 65.8 Å². The summed E-state index contributed by atoms with van der Waals surface area (Å²) in [6, 6.07) is 1.92. The van der Waals surface area contributed by atoms with Crippen LogP contribution in [0.2, 0.25) is 0 Å². The van der Waals surface area contributed by atoms with Crippen molar-refractivity contribution < 1.29 is 4.79 Å². The lowest BCUT2D eigenvalue weighted by molar-refractivity contribution is -0.117. The van der Waals surface area contributed by atoms with Gasteiger partial charge in [0.2, 0.25) is 0 Å². The highest BCUT2D eigenvalue weighted by atomic mass is 32.1. The SMILES string of the molecule is CCCNC(=O)/C(C#N)=C/c1ncc(C(C)(C)C)s1. The van der Waals surface area contributed by atoms with Gasteiger partial charge in [0.15, 0.2) is 0 Å². The van der Waals surface area contributed by atoms with E-state index in [1.54, 1.807) is 12.3 Å². The Bertz CT molecular complexity index is 518. The van der Waals surface area contributed by atoms with E-state index >= 15 is 0 Å². The molecule has 1 rings (SSSR count). The summed E-state index contributed by atoms with van der Waals surface area (Å²) in [5, 5.41) is 12.4. The third kappa shape index (κ3) is 4.49. The van der Waals surface area contributed by atoms with Gasteiger partial charge in [-0.05, 0) is 17.9 Å².